The van der Waals surface area contributed by atoms with E-state index in [1.54, 1.807) is 0 Å². The molecule has 5 heterocycles. The highest BCUT2D eigenvalue weighted by molar-refractivity contribution is 5.85. The largest absolute Gasteiger partial charge is 0.396 e. The molecule has 3 aromatic rings. The van der Waals surface area contributed by atoms with E-state index in [9.17, 15) is 10.2 Å². The minimum absolute atomic E-state index is 0.150. The van der Waals surface area contributed by atoms with E-state index in [2.05, 4.69) is 28.2 Å². The molecule has 0 aliphatic carbocycles. The van der Waals surface area contributed by atoms with Gasteiger partial charge in [0.15, 0.2) is 0 Å². The summed E-state index contributed by atoms with van der Waals surface area (Å²) < 4.78 is 0. The van der Waals surface area contributed by atoms with Crippen molar-refractivity contribution in [3.8, 4) is 0 Å². The SMILES string of the molecule is OCCCC1=Cc2cc3ccc(cc4nc(cc5cc(CCCO)c(cc1n2)[nH]5)C=C4)[nH]3. The summed E-state index contributed by atoms with van der Waals surface area (Å²) in [5.74, 6) is 0. The molecule has 32 heavy (non-hydrogen) atoms. The molecule has 0 amide bonds. The highest BCUT2D eigenvalue weighted by Crippen LogP contribution is 2.27. The van der Waals surface area contributed by atoms with E-state index >= 15 is 0 Å². The van der Waals surface area contributed by atoms with Gasteiger partial charge in [-0.05, 0) is 97.5 Å². The van der Waals surface area contributed by atoms with E-state index in [0.29, 0.717) is 12.8 Å². The molecule has 6 heteroatoms. The van der Waals surface area contributed by atoms with Gasteiger partial charge < -0.3 is 20.2 Å². The Morgan fingerprint density at radius 2 is 1.38 bits per heavy atom. The predicted octanol–water partition coefficient (Wildman–Crippen LogP) is 4.72. The van der Waals surface area contributed by atoms with E-state index in [0.717, 1.165) is 68.8 Å². The van der Waals surface area contributed by atoms with Gasteiger partial charge >= 0.3 is 0 Å². The molecule has 6 nitrogen and oxygen atoms in total. The quantitative estimate of drug-likeness (QED) is 0.358. The lowest BCUT2D eigenvalue weighted by atomic mass is 10.1. The maximum Gasteiger partial charge on any atom is 0.0690 e. The van der Waals surface area contributed by atoms with E-state index in [4.69, 9.17) is 9.97 Å². The van der Waals surface area contributed by atoms with Crippen LogP contribution in [0.25, 0.3) is 45.9 Å². The van der Waals surface area contributed by atoms with Crippen LogP contribution in [0.3, 0.4) is 0 Å². The zero-order chi connectivity index (χ0) is 21.9. The van der Waals surface area contributed by atoms with Gasteiger partial charge in [-0.1, -0.05) is 0 Å². The highest BCUT2D eigenvalue weighted by Gasteiger charge is 2.11. The van der Waals surface area contributed by atoms with Gasteiger partial charge in [-0.15, -0.1) is 0 Å². The Kier molecular flexibility index (Phi) is 5.71. The van der Waals surface area contributed by atoms with E-state index in [1.165, 1.54) is 0 Å². The number of aromatic amines is 2. The third-order valence-electron chi connectivity index (χ3n) is 5.67. The van der Waals surface area contributed by atoms with Crippen molar-refractivity contribution in [3.63, 3.8) is 0 Å². The summed E-state index contributed by atoms with van der Waals surface area (Å²) in [7, 11) is 0. The Morgan fingerprint density at radius 1 is 0.688 bits per heavy atom. The summed E-state index contributed by atoms with van der Waals surface area (Å²) in [5.41, 5.74) is 9.76. The van der Waals surface area contributed by atoms with Crippen molar-refractivity contribution < 1.29 is 10.2 Å². The fourth-order valence-corrected chi connectivity index (χ4v) is 4.15. The lowest BCUT2D eigenvalue weighted by molar-refractivity contribution is 0.288. The first-order valence-electron chi connectivity index (χ1n) is 11.0. The third-order valence-corrected chi connectivity index (χ3v) is 5.67. The molecule has 0 fully saturated rings. The van der Waals surface area contributed by atoms with Crippen LogP contribution in [0, 0.1) is 0 Å². The minimum atomic E-state index is 0.150. The van der Waals surface area contributed by atoms with Gasteiger partial charge in [0.2, 0.25) is 0 Å². The number of aliphatic hydroxyl groups excluding tert-OH is 2. The molecule has 0 saturated carbocycles. The topological polar surface area (TPSA) is 97.8 Å². The van der Waals surface area contributed by atoms with E-state index < -0.39 is 0 Å². The van der Waals surface area contributed by atoms with Crippen molar-refractivity contribution >= 4 is 45.9 Å². The molecule has 4 N–H and O–H groups in total. The maximum atomic E-state index is 9.34. The number of nitrogens with zero attached hydrogens (tertiary/aromatic N) is 2. The highest BCUT2D eigenvalue weighted by atomic mass is 16.3. The molecule has 0 spiro atoms. The average Bonchev–Trinajstić information content (AvgIpc) is 3.55. The third kappa shape index (κ3) is 4.42. The van der Waals surface area contributed by atoms with Crippen LogP contribution < -0.4 is 0 Å². The van der Waals surface area contributed by atoms with Gasteiger partial charge in [0.25, 0.3) is 0 Å². The molecule has 0 radical (unpaired) electrons. The molecule has 2 aliphatic heterocycles. The number of aromatic nitrogens is 4. The first-order valence-corrected chi connectivity index (χ1v) is 11.0. The van der Waals surface area contributed by atoms with Gasteiger partial charge in [0, 0.05) is 35.3 Å². The molecule has 0 aromatic carbocycles. The molecular weight excluding hydrogens is 400 g/mol. The van der Waals surface area contributed by atoms with Gasteiger partial charge in [-0.2, -0.15) is 0 Å². The van der Waals surface area contributed by atoms with Crippen molar-refractivity contribution in [2.75, 3.05) is 13.2 Å². The number of H-pyrrole nitrogens is 2. The standard InChI is InChI=1S/C26H26N4O2/c31-9-1-3-17-11-23-14-21-7-5-19(27-21)13-20-6-8-22(28-20)15-24-12-18(4-2-10-32)26(30-24)16-25(17)29-23/h5-8,11-16,27,30-32H,1-4,9-10H2. The summed E-state index contributed by atoms with van der Waals surface area (Å²) in [4.78, 5) is 16.5. The summed E-state index contributed by atoms with van der Waals surface area (Å²) in [6.45, 7) is 0.304. The number of nitrogens with one attached hydrogen (secondary N) is 2. The second-order valence-corrected chi connectivity index (χ2v) is 8.15. The monoisotopic (exact) mass is 426 g/mol. The molecular formula is C26H26N4O2. The number of aryl methyl sites for hydroxylation is 1. The van der Waals surface area contributed by atoms with Crippen LogP contribution in [-0.4, -0.2) is 43.4 Å². The fraction of sp³-hybridized carbons (Fsp3) is 0.231. The molecule has 0 atom stereocenters. The van der Waals surface area contributed by atoms with Crippen LogP contribution in [0.15, 0.2) is 42.5 Å². The van der Waals surface area contributed by atoms with Crippen LogP contribution in [0.5, 0.6) is 0 Å². The number of rotatable bonds is 6. The Bertz CT molecular complexity index is 1360. The number of hydrogen-bond donors (Lipinski definition) is 4. The van der Waals surface area contributed by atoms with Crippen molar-refractivity contribution in [1.29, 1.82) is 0 Å². The molecule has 0 saturated heterocycles. The number of aliphatic hydroxyl groups is 2. The zero-order valence-corrected chi connectivity index (χ0v) is 17.8. The summed E-state index contributed by atoms with van der Waals surface area (Å²) >= 11 is 0. The van der Waals surface area contributed by atoms with Crippen molar-refractivity contribution in [2.45, 2.75) is 25.7 Å². The van der Waals surface area contributed by atoms with Gasteiger partial charge in [-0.25, -0.2) is 9.97 Å². The van der Waals surface area contributed by atoms with Gasteiger partial charge in [0.1, 0.15) is 0 Å². The summed E-state index contributed by atoms with van der Waals surface area (Å²) in [5, 5.41) is 18.7. The molecule has 8 bridgehead atoms. The van der Waals surface area contributed by atoms with Gasteiger partial charge in [-0.3, -0.25) is 0 Å². The van der Waals surface area contributed by atoms with Crippen LogP contribution in [0.1, 0.15) is 47.6 Å². The molecule has 3 aromatic heterocycles. The molecule has 5 rings (SSSR count). The lowest BCUT2D eigenvalue weighted by Crippen LogP contribution is -1.89. The van der Waals surface area contributed by atoms with Crippen LogP contribution in [0.2, 0.25) is 0 Å². The maximum absolute atomic E-state index is 9.34. The summed E-state index contributed by atoms with van der Waals surface area (Å²) in [6.07, 6.45) is 9.04. The fourth-order valence-electron chi connectivity index (χ4n) is 4.15. The number of hydrogen-bond acceptors (Lipinski definition) is 4. The second-order valence-electron chi connectivity index (χ2n) is 8.15. The summed E-state index contributed by atoms with van der Waals surface area (Å²) in [6, 6.07) is 14.4. The molecule has 0 unspecified atom stereocenters. The second kappa shape index (κ2) is 8.94. The number of fused-ring (bicyclic) bond motifs is 8. The Balaban J connectivity index is 1.77. The smallest absolute Gasteiger partial charge is 0.0690 e. The van der Waals surface area contributed by atoms with Gasteiger partial charge in [0.05, 0.1) is 22.8 Å². The van der Waals surface area contributed by atoms with Crippen molar-refractivity contribution in [3.05, 3.63) is 70.8 Å². The van der Waals surface area contributed by atoms with Crippen LogP contribution in [0.4, 0.5) is 0 Å². The first-order chi connectivity index (χ1) is 15.7. The minimum Gasteiger partial charge on any atom is -0.396 e. The molecule has 2 aliphatic rings. The predicted molar refractivity (Wildman–Crippen MR) is 130 cm³/mol. The number of allylic oxidation sites excluding steroid dienone is 1. The zero-order valence-electron chi connectivity index (χ0n) is 17.8. The Labute approximate surface area is 186 Å². The van der Waals surface area contributed by atoms with E-state index in [-0.39, 0.29) is 13.2 Å². The lowest BCUT2D eigenvalue weighted by Gasteiger charge is -2.00. The van der Waals surface area contributed by atoms with Crippen LogP contribution >= 0.6 is 0 Å². The van der Waals surface area contributed by atoms with Crippen molar-refractivity contribution in [2.24, 2.45) is 0 Å². The normalized spacial score (nSPS) is 12.9. The average molecular weight is 427 g/mol. The van der Waals surface area contributed by atoms with E-state index in [1.807, 2.05) is 42.5 Å². The Hall–Kier alpha value is -3.48. The first kappa shape index (κ1) is 20.4. The molecule has 162 valence electrons. The van der Waals surface area contributed by atoms with Crippen molar-refractivity contribution in [1.82, 2.24) is 19.9 Å². The Morgan fingerprint density at radius 3 is 2.12 bits per heavy atom. The van der Waals surface area contributed by atoms with Crippen LogP contribution in [-0.2, 0) is 6.42 Å².